The molecule has 0 saturated carbocycles. The Labute approximate surface area is 87.9 Å². The summed E-state index contributed by atoms with van der Waals surface area (Å²) in [7, 11) is 1.62. The Morgan fingerprint density at radius 3 is 3.00 bits per heavy atom. The summed E-state index contributed by atoms with van der Waals surface area (Å²) in [5, 5.41) is 8.16. The van der Waals surface area contributed by atoms with E-state index in [1.54, 1.807) is 7.11 Å². The summed E-state index contributed by atoms with van der Waals surface area (Å²) in [6.07, 6.45) is 1.73. The zero-order valence-electron chi connectivity index (χ0n) is 8.84. The molecular weight excluding hydrogens is 192 g/mol. The van der Waals surface area contributed by atoms with Gasteiger partial charge in [0.15, 0.2) is 11.5 Å². The van der Waals surface area contributed by atoms with Crippen molar-refractivity contribution in [2.75, 3.05) is 13.7 Å². The molecular formula is C10H14N4O. The molecule has 5 nitrogen and oxygen atoms in total. The summed E-state index contributed by atoms with van der Waals surface area (Å²) in [5.41, 5.74) is 7.56. The number of fused-ring (bicyclic) bond motifs is 1. The lowest BCUT2D eigenvalue weighted by atomic mass is 10.3. The van der Waals surface area contributed by atoms with Gasteiger partial charge in [0.1, 0.15) is 6.10 Å². The van der Waals surface area contributed by atoms with Crippen LogP contribution in [0.4, 0.5) is 0 Å². The van der Waals surface area contributed by atoms with Crippen LogP contribution in [0.25, 0.3) is 5.65 Å². The number of nitrogens with two attached hydrogens (primary N) is 1. The van der Waals surface area contributed by atoms with E-state index in [0.717, 1.165) is 17.0 Å². The van der Waals surface area contributed by atoms with E-state index in [1.165, 1.54) is 0 Å². The molecule has 2 heterocycles. The predicted octanol–water partition coefficient (Wildman–Crippen LogP) is 0.684. The van der Waals surface area contributed by atoms with Crippen LogP contribution >= 0.6 is 0 Å². The fourth-order valence-electron chi connectivity index (χ4n) is 1.54. The van der Waals surface area contributed by atoms with Gasteiger partial charge in [-0.25, -0.2) is 0 Å². The lowest BCUT2D eigenvalue weighted by Gasteiger charge is -2.10. The van der Waals surface area contributed by atoms with Crippen molar-refractivity contribution < 1.29 is 4.74 Å². The maximum absolute atomic E-state index is 5.59. The van der Waals surface area contributed by atoms with E-state index in [2.05, 4.69) is 10.2 Å². The summed E-state index contributed by atoms with van der Waals surface area (Å²) < 4.78 is 7.13. The molecule has 0 amide bonds. The molecule has 0 aromatic carbocycles. The van der Waals surface area contributed by atoms with Crippen molar-refractivity contribution in [3.8, 4) is 0 Å². The van der Waals surface area contributed by atoms with Gasteiger partial charge in [0, 0.05) is 19.9 Å². The Hall–Kier alpha value is -1.46. The van der Waals surface area contributed by atoms with Crippen LogP contribution in [0.3, 0.4) is 0 Å². The van der Waals surface area contributed by atoms with Crippen LogP contribution in [-0.4, -0.2) is 28.3 Å². The van der Waals surface area contributed by atoms with Crippen LogP contribution in [0, 0.1) is 6.92 Å². The quantitative estimate of drug-likeness (QED) is 0.802. The fraction of sp³-hybridized carbons (Fsp3) is 0.400. The number of hydrogen-bond acceptors (Lipinski definition) is 4. The second-order valence-corrected chi connectivity index (χ2v) is 3.45. The minimum atomic E-state index is -0.206. The number of aromatic nitrogens is 3. The maximum Gasteiger partial charge on any atom is 0.167 e. The van der Waals surface area contributed by atoms with Crippen molar-refractivity contribution in [1.82, 2.24) is 14.6 Å². The summed E-state index contributed by atoms with van der Waals surface area (Å²) in [4.78, 5) is 0. The van der Waals surface area contributed by atoms with Gasteiger partial charge < -0.3 is 10.5 Å². The normalized spacial score (nSPS) is 13.3. The largest absolute Gasteiger partial charge is 0.372 e. The van der Waals surface area contributed by atoms with E-state index in [0.29, 0.717) is 6.54 Å². The number of aryl methyl sites for hydroxylation is 1. The first-order valence-corrected chi connectivity index (χ1v) is 4.80. The van der Waals surface area contributed by atoms with Crippen molar-refractivity contribution in [1.29, 1.82) is 0 Å². The van der Waals surface area contributed by atoms with Gasteiger partial charge in [-0.2, -0.15) is 0 Å². The lowest BCUT2D eigenvalue weighted by Crippen LogP contribution is -2.17. The summed E-state index contributed by atoms with van der Waals surface area (Å²) in [6, 6.07) is 3.98. The molecule has 2 aromatic rings. The number of nitrogens with zero attached hydrogens (tertiary/aromatic N) is 3. The molecule has 1 unspecified atom stereocenters. The lowest BCUT2D eigenvalue weighted by molar-refractivity contribution is 0.102. The van der Waals surface area contributed by atoms with Gasteiger partial charge in [0.05, 0.1) is 0 Å². The molecule has 0 fully saturated rings. The topological polar surface area (TPSA) is 65.4 Å². The van der Waals surface area contributed by atoms with Crippen LogP contribution in [0.15, 0.2) is 18.3 Å². The Bertz CT molecular complexity index is 461. The number of ether oxygens (including phenoxy) is 1. The Balaban J connectivity index is 2.53. The summed E-state index contributed by atoms with van der Waals surface area (Å²) in [6.45, 7) is 2.41. The van der Waals surface area contributed by atoms with E-state index in [1.807, 2.05) is 29.7 Å². The molecule has 15 heavy (non-hydrogen) atoms. The molecule has 0 saturated heterocycles. The third-order valence-electron chi connectivity index (χ3n) is 2.38. The van der Waals surface area contributed by atoms with Crippen LogP contribution in [-0.2, 0) is 4.74 Å². The predicted molar refractivity (Wildman–Crippen MR) is 56.5 cm³/mol. The van der Waals surface area contributed by atoms with E-state index < -0.39 is 0 Å². The van der Waals surface area contributed by atoms with Gasteiger partial charge in [-0.1, -0.05) is 0 Å². The van der Waals surface area contributed by atoms with E-state index in [9.17, 15) is 0 Å². The minimum absolute atomic E-state index is 0.206. The number of rotatable bonds is 3. The fourth-order valence-corrected chi connectivity index (χ4v) is 1.54. The molecule has 0 bridgehead atoms. The third-order valence-corrected chi connectivity index (χ3v) is 2.38. The summed E-state index contributed by atoms with van der Waals surface area (Å²) in [5.74, 6) is 0.745. The third kappa shape index (κ3) is 1.71. The molecule has 0 aliphatic rings. The van der Waals surface area contributed by atoms with Crippen molar-refractivity contribution >= 4 is 5.65 Å². The zero-order valence-corrected chi connectivity index (χ0v) is 8.84. The van der Waals surface area contributed by atoms with Crippen molar-refractivity contribution in [2.45, 2.75) is 13.0 Å². The Morgan fingerprint density at radius 1 is 1.53 bits per heavy atom. The molecule has 5 heteroatoms. The highest BCUT2D eigenvalue weighted by Gasteiger charge is 2.15. The molecule has 0 aliphatic carbocycles. The van der Waals surface area contributed by atoms with Crippen molar-refractivity contribution in [3.63, 3.8) is 0 Å². The molecule has 2 N–H and O–H groups in total. The van der Waals surface area contributed by atoms with Gasteiger partial charge >= 0.3 is 0 Å². The van der Waals surface area contributed by atoms with E-state index in [-0.39, 0.29) is 6.10 Å². The molecule has 0 radical (unpaired) electrons. The first-order valence-electron chi connectivity index (χ1n) is 4.80. The molecule has 80 valence electrons. The van der Waals surface area contributed by atoms with Crippen molar-refractivity contribution in [3.05, 3.63) is 29.7 Å². The van der Waals surface area contributed by atoms with Gasteiger partial charge in [0.2, 0.25) is 0 Å². The number of hydrogen-bond donors (Lipinski definition) is 1. The van der Waals surface area contributed by atoms with E-state index in [4.69, 9.17) is 10.5 Å². The van der Waals surface area contributed by atoms with Crippen LogP contribution in [0.2, 0.25) is 0 Å². The van der Waals surface area contributed by atoms with Crippen LogP contribution in [0.1, 0.15) is 17.5 Å². The zero-order chi connectivity index (χ0) is 10.8. The SMILES string of the molecule is COC(CN)c1nnc2cc(C)ccn12. The van der Waals surface area contributed by atoms with Gasteiger partial charge in [0.25, 0.3) is 0 Å². The highest BCUT2D eigenvalue weighted by molar-refractivity contribution is 5.40. The average Bonchev–Trinajstić information content (AvgIpc) is 2.63. The van der Waals surface area contributed by atoms with Crippen LogP contribution < -0.4 is 5.73 Å². The molecule has 2 aromatic heterocycles. The molecule has 0 spiro atoms. The Kier molecular flexibility index (Phi) is 2.66. The van der Waals surface area contributed by atoms with E-state index >= 15 is 0 Å². The van der Waals surface area contributed by atoms with Crippen molar-refractivity contribution in [2.24, 2.45) is 5.73 Å². The smallest absolute Gasteiger partial charge is 0.167 e. The monoisotopic (exact) mass is 206 g/mol. The average molecular weight is 206 g/mol. The Morgan fingerprint density at radius 2 is 2.33 bits per heavy atom. The standard InChI is InChI=1S/C10H14N4O/c1-7-3-4-14-9(5-7)12-13-10(14)8(6-11)15-2/h3-5,8H,6,11H2,1-2H3. The summed E-state index contributed by atoms with van der Waals surface area (Å²) >= 11 is 0. The number of methoxy groups -OCH3 is 1. The van der Waals surface area contributed by atoms with Gasteiger partial charge in [-0.05, 0) is 24.6 Å². The van der Waals surface area contributed by atoms with Gasteiger partial charge in [-0.3, -0.25) is 4.40 Å². The van der Waals surface area contributed by atoms with Crippen LogP contribution in [0.5, 0.6) is 0 Å². The number of pyridine rings is 1. The minimum Gasteiger partial charge on any atom is -0.372 e. The van der Waals surface area contributed by atoms with Gasteiger partial charge in [-0.15, -0.1) is 10.2 Å². The molecule has 2 rings (SSSR count). The molecule has 0 aliphatic heterocycles. The highest BCUT2D eigenvalue weighted by atomic mass is 16.5. The highest BCUT2D eigenvalue weighted by Crippen LogP contribution is 2.15. The molecule has 1 atom stereocenters. The maximum atomic E-state index is 5.59. The first-order chi connectivity index (χ1) is 7.26. The first kappa shape index (κ1) is 10.1. The second-order valence-electron chi connectivity index (χ2n) is 3.45. The second kappa shape index (κ2) is 3.96.